The zero-order valence-corrected chi connectivity index (χ0v) is 39.0. The number of aromatic nitrogens is 7. The molecule has 1 aliphatic carbocycles. The molecular weight excluding hydrogens is 1030 g/mol. The minimum absolute atomic E-state index is 0.178. The van der Waals surface area contributed by atoms with Crippen molar-refractivity contribution >= 4 is 107 Å². The van der Waals surface area contributed by atoms with Crippen LogP contribution in [0.1, 0.15) is 16.7 Å². The van der Waals surface area contributed by atoms with Crippen LogP contribution in [-0.2, 0) is 16.4 Å². The number of hydrogen-bond donors (Lipinski definition) is 2. The van der Waals surface area contributed by atoms with Gasteiger partial charge in [-0.1, -0.05) is 53.5 Å². The third-order valence-corrected chi connectivity index (χ3v) is 13.7. The van der Waals surface area contributed by atoms with Crippen LogP contribution in [0.5, 0.6) is 0 Å². The van der Waals surface area contributed by atoms with Gasteiger partial charge >= 0.3 is 7.12 Å². The van der Waals surface area contributed by atoms with Gasteiger partial charge in [-0.05, 0) is 148 Å². The summed E-state index contributed by atoms with van der Waals surface area (Å²) in [6, 6.07) is 31.3. The summed E-state index contributed by atoms with van der Waals surface area (Å²) in [5, 5.41) is 22.1. The van der Waals surface area contributed by atoms with Gasteiger partial charge in [0.05, 0.1) is 28.0 Å². The molecule has 3 aromatic carbocycles. The summed E-state index contributed by atoms with van der Waals surface area (Å²) >= 11 is 14.1. The number of halogens is 5. The first kappa shape index (κ1) is 45.6. The molecule has 10 aromatic rings. The van der Waals surface area contributed by atoms with Crippen LogP contribution in [0.15, 0.2) is 170 Å². The molecule has 11 rings (SSSR count). The third-order valence-electron chi connectivity index (χ3n) is 10.7. The second-order valence-corrected chi connectivity index (χ2v) is 18.7. The SMILES string of the molecule is Fc1ccc(Cl)cc1-c1cc(C2=CCc3cnccc32)c2cccnc2n1.O=S(=O)(c1ccccc1)n1cc(I)c2ccncc21.OB(O)c1cc(-c2cc(Cl)ccc2F)nc2ncccc12. The quantitative estimate of drug-likeness (QED) is 0.121. The van der Waals surface area contributed by atoms with E-state index in [-0.39, 0.29) is 27.4 Å². The molecule has 0 bridgehead atoms. The first-order valence-electron chi connectivity index (χ1n) is 20.2. The Hall–Kier alpha value is -6.54. The first-order valence-corrected chi connectivity index (χ1v) is 23.5. The lowest BCUT2D eigenvalue weighted by molar-refractivity contribution is 0.426. The molecule has 0 amide bonds. The predicted molar refractivity (Wildman–Crippen MR) is 266 cm³/mol. The summed E-state index contributed by atoms with van der Waals surface area (Å²) in [5.74, 6) is -0.862. The van der Waals surface area contributed by atoms with Gasteiger partial charge in [-0.15, -0.1) is 0 Å². The Bertz CT molecular complexity index is 3660. The van der Waals surface area contributed by atoms with E-state index >= 15 is 0 Å². The summed E-state index contributed by atoms with van der Waals surface area (Å²) in [6.07, 6.45) is 14.7. The van der Waals surface area contributed by atoms with Crippen molar-refractivity contribution in [3.63, 3.8) is 0 Å². The molecule has 11 nitrogen and oxygen atoms in total. The molecule has 330 valence electrons. The summed E-state index contributed by atoms with van der Waals surface area (Å²) in [7, 11) is -5.28. The molecule has 0 atom stereocenters. The maximum absolute atomic E-state index is 14.5. The third kappa shape index (κ3) is 9.41. The largest absolute Gasteiger partial charge is 0.489 e. The maximum Gasteiger partial charge on any atom is 0.489 e. The fourth-order valence-electron chi connectivity index (χ4n) is 7.58. The molecule has 7 heterocycles. The molecule has 0 unspecified atom stereocenters. The van der Waals surface area contributed by atoms with Gasteiger partial charge in [-0.3, -0.25) is 9.97 Å². The summed E-state index contributed by atoms with van der Waals surface area (Å²) in [5.41, 5.74) is 7.37. The number of hydrogen-bond acceptors (Lipinski definition) is 10. The molecule has 2 N–H and O–H groups in total. The van der Waals surface area contributed by atoms with E-state index in [4.69, 9.17) is 23.2 Å². The minimum atomic E-state index is -3.57. The van der Waals surface area contributed by atoms with Crippen LogP contribution in [0.25, 0.3) is 61.1 Å². The molecule has 0 aliphatic heterocycles. The monoisotopic (exact) mass is 1060 g/mol. The van der Waals surface area contributed by atoms with Crippen LogP contribution < -0.4 is 5.46 Å². The average molecular weight is 1060 g/mol. The van der Waals surface area contributed by atoms with Crippen molar-refractivity contribution in [2.45, 2.75) is 11.3 Å². The van der Waals surface area contributed by atoms with Gasteiger partial charge in [0.15, 0.2) is 11.3 Å². The number of benzene rings is 3. The fraction of sp³-hybridized carbons (Fsp3) is 0.0204. The predicted octanol–water partition coefficient (Wildman–Crippen LogP) is 10.1. The smallest absolute Gasteiger partial charge is 0.423 e. The van der Waals surface area contributed by atoms with Crippen molar-refractivity contribution < 1.29 is 27.2 Å². The van der Waals surface area contributed by atoms with Crippen molar-refractivity contribution in [3.8, 4) is 22.5 Å². The Balaban J connectivity index is 0.000000128. The van der Waals surface area contributed by atoms with Crippen LogP contribution in [-0.4, -0.2) is 59.5 Å². The van der Waals surface area contributed by atoms with Crippen LogP contribution >= 0.6 is 45.8 Å². The second kappa shape index (κ2) is 19.4. The normalized spacial score (nSPS) is 12.0. The van der Waals surface area contributed by atoms with Gasteiger partial charge in [-0.2, -0.15) is 0 Å². The van der Waals surface area contributed by atoms with E-state index in [1.165, 1.54) is 52.1 Å². The van der Waals surface area contributed by atoms with Gasteiger partial charge in [-0.25, -0.2) is 41.1 Å². The summed E-state index contributed by atoms with van der Waals surface area (Å²) in [6.45, 7) is 0. The van der Waals surface area contributed by atoms with E-state index in [2.05, 4.69) is 58.6 Å². The number of rotatable bonds is 6. The Morgan fingerprint density at radius 1 is 0.642 bits per heavy atom. The van der Waals surface area contributed by atoms with Gasteiger partial charge in [0.2, 0.25) is 0 Å². The van der Waals surface area contributed by atoms with Gasteiger partial charge < -0.3 is 10.0 Å². The molecule has 7 aromatic heterocycles. The molecule has 0 radical (unpaired) electrons. The van der Waals surface area contributed by atoms with E-state index < -0.39 is 23.0 Å². The lowest BCUT2D eigenvalue weighted by Gasteiger charge is -2.12. The van der Waals surface area contributed by atoms with Crippen LogP contribution in [0.2, 0.25) is 10.0 Å². The van der Waals surface area contributed by atoms with Crippen LogP contribution in [0, 0.1) is 15.2 Å². The topological polar surface area (TPSA) is 157 Å². The highest BCUT2D eigenvalue weighted by Crippen LogP contribution is 2.38. The molecule has 0 saturated carbocycles. The number of nitrogens with zero attached hydrogens (tertiary/aromatic N) is 7. The molecule has 18 heteroatoms. The van der Waals surface area contributed by atoms with E-state index in [0.29, 0.717) is 43.5 Å². The highest BCUT2D eigenvalue weighted by molar-refractivity contribution is 14.1. The van der Waals surface area contributed by atoms with Gasteiger partial charge in [0, 0.05) is 78.1 Å². The van der Waals surface area contributed by atoms with Crippen LogP contribution in [0.3, 0.4) is 0 Å². The molecular formula is C49H31BCl2F2IN7O4S. The van der Waals surface area contributed by atoms with Gasteiger partial charge in [0.1, 0.15) is 11.6 Å². The fourth-order valence-corrected chi connectivity index (χ4v) is 10.2. The lowest BCUT2D eigenvalue weighted by Crippen LogP contribution is -2.31. The molecule has 1 aliphatic rings. The van der Waals surface area contributed by atoms with E-state index in [1.54, 1.807) is 79.5 Å². The van der Waals surface area contributed by atoms with E-state index in [9.17, 15) is 27.2 Å². The highest BCUT2D eigenvalue weighted by Gasteiger charge is 2.23. The van der Waals surface area contributed by atoms with Crippen molar-refractivity contribution in [3.05, 3.63) is 207 Å². The average Bonchev–Trinajstić information content (AvgIpc) is 3.94. The Morgan fingerprint density at radius 3 is 1.93 bits per heavy atom. The number of allylic oxidation sites excluding steroid dienone is 1. The Morgan fingerprint density at radius 2 is 1.25 bits per heavy atom. The van der Waals surface area contributed by atoms with Crippen molar-refractivity contribution in [2.75, 3.05) is 0 Å². The zero-order valence-electron chi connectivity index (χ0n) is 34.5. The molecule has 0 fully saturated rings. The molecule has 0 spiro atoms. The summed E-state index contributed by atoms with van der Waals surface area (Å²) in [4.78, 5) is 25.8. The van der Waals surface area contributed by atoms with E-state index in [1.807, 2.05) is 36.5 Å². The van der Waals surface area contributed by atoms with Crippen LogP contribution in [0.4, 0.5) is 8.78 Å². The zero-order chi connectivity index (χ0) is 46.8. The van der Waals surface area contributed by atoms with Crippen molar-refractivity contribution in [1.29, 1.82) is 0 Å². The van der Waals surface area contributed by atoms with Gasteiger partial charge in [0.25, 0.3) is 10.0 Å². The number of pyridine rings is 6. The lowest BCUT2D eigenvalue weighted by atomic mass is 9.78. The van der Waals surface area contributed by atoms with E-state index in [0.717, 1.165) is 37.5 Å². The molecule has 67 heavy (non-hydrogen) atoms. The highest BCUT2D eigenvalue weighted by atomic mass is 127. The summed E-state index contributed by atoms with van der Waals surface area (Å²) < 4.78 is 55.8. The number of fused-ring (bicyclic) bond motifs is 4. The Labute approximate surface area is 405 Å². The standard InChI is InChI=1S/C22H13ClFN3.C14H9BClFN2O2.C13H9IN2O2S/c23-14-4-6-20(24)19(10-14)21-11-18(17-2-1-8-26-22(17)27-21)16-5-3-13-12-25-9-7-15(13)16;16-8-3-4-12(17)10(6-8)13-7-11(15(20)21)9-2-1-5-18-14(9)19-13;14-12-9-16(13-8-15-7-6-11(12)13)19(17,18)10-4-2-1-3-5-10/h1-2,4-12H,3H2;1-7,20-21H;1-9H. The van der Waals surface area contributed by atoms with Crippen molar-refractivity contribution in [1.82, 2.24) is 33.9 Å². The Kier molecular flexibility index (Phi) is 13.2. The van der Waals surface area contributed by atoms with Crippen molar-refractivity contribution in [2.24, 2.45) is 0 Å². The first-order chi connectivity index (χ1) is 32.4. The molecule has 0 saturated heterocycles. The minimum Gasteiger partial charge on any atom is -0.423 e. The maximum atomic E-state index is 14.5. The second-order valence-electron chi connectivity index (χ2n) is 14.9.